The van der Waals surface area contributed by atoms with Gasteiger partial charge in [0.05, 0.1) is 0 Å². The van der Waals surface area contributed by atoms with Gasteiger partial charge in [0, 0.05) is 25.8 Å². The van der Waals surface area contributed by atoms with Gasteiger partial charge in [0.1, 0.15) is 12.0 Å². The molecule has 0 bridgehead atoms. The molecule has 3 nitrogen and oxygen atoms in total. The van der Waals surface area contributed by atoms with Crippen molar-refractivity contribution in [1.29, 1.82) is 0 Å². The van der Waals surface area contributed by atoms with Crippen LogP contribution >= 0.6 is 0 Å². The lowest BCUT2D eigenvalue weighted by molar-refractivity contribution is 0.282. The summed E-state index contributed by atoms with van der Waals surface area (Å²) in [4.78, 5) is 6.09. The highest BCUT2D eigenvalue weighted by atomic mass is 19.1. The third kappa shape index (κ3) is 2.20. The van der Waals surface area contributed by atoms with Crippen LogP contribution in [-0.4, -0.2) is 29.1 Å². The lowest BCUT2D eigenvalue weighted by Crippen LogP contribution is -2.20. The van der Waals surface area contributed by atoms with Crippen molar-refractivity contribution in [2.45, 2.75) is 19.1 Å². The van der Waals surface area contributed by atoms with E-state index in [1.807, 2.05) is 6.07 Å². The van der Waals surface area contributed by atoms with Gasteiger partial charge in [-0.05, 0) is 18.1 Å². The van der Waals surface area contributed by atoms with Gasteiger partial charge in [-0.15, -0.1) is 0 Å². The van der Waals surface area contributed by atoms with Gasteiger partial charge in [0.2, 0.25) is 0 Å². The Morgan fingerprint density at radius 2 is 2.43 bits per heavy atom. The first-order valence-electron chi connectivity index (χ1n) is 4.81. The Morgan fingerprint density at radius 3 is 3.00 bits per heavy atom. The molecule has 0 unspecified atom stereocenters. The van der Waals surface area contributed by atoms with Crippen LogP contribution in [-0.2, 0) is 6.54 Å². The second-order valence-corrected chi connectivity index (χ2v) is 3.71. The van der Waals surface area contributed by atoms with Crippen LogP contribution < -0.4 is 5.73 Å². The first kappa shape index (κ1) is 9.40. The van der Waals surface area contributed by atoms with Crippen molar-refractivity contribution in [3.05, 3.63) is 23.9 Å². The van der Waals surface area contributed by atoms with Gasteiger partial charge in [0.25, 0.3) is 0 Å². The van der Waals surface area contributed by atoms with E-state index in [4.69, 9.17) is 5.73 Å². The number of hydrogen-bond donors (Lipinski definition) is 1. The molecule has 76 valence electrons. The molecular formula is C10H14FN3. The maximum atomic E-state index is 12.9. The second kappa shape index (κ2) is 3.92. The van der Waals surface area contributed by atoms with Gasteiger partial charge < -0.3 is 5.73 Å². The van der Waals surface area contributed by atoms with Gasteiger partial charge in [-0.2, -0.15) is 0 Å². The predicted molar refractivity (Wildman–Crippen MR) is 53.4 cm³/mol. The van der Waals surface area contributed by atoms with Crippen molar-refractivity contribution in [2.24, 2.45) is 0 Å². The third-order valence-corrected chi connectivity index (χ3v) is 2.47. The van der Waals surface area contributed by atoms with Crippen molar-refractivity contribution in [2.75, 3.05) is 18.8 Å². The van der Waals surface area contributed by atoms with Crippen LogP contribution in [0.5, 0.6) is 0 Å². The molecule has 1 fully saturated rings. The second-order valence-electron chi connectivity index (χ2n) is 3.71. The molecule has 0 spiro atoms. The number of halogens is 1. The molecule has 1 saturated heterocycles. The summed E-state index contributed by atoms with van der Waals surface area (Å²) in [6, 6.07) is 3.71. The van der Waals surface area contributed by atoms with Crippen molar-refractivity contribution < 1.29 is 4.39 Å². The molecule has 1 aromatic heterocycles. The number of nitrogens with two attached hydrogens (primary N) is 1. The standard InChI is InChI=1S/C10H14FN3/c11-9-3-4-14(7-9)6-8-1-2-10(12)13-5-8/h1-2,5,9H,3-4,6-7H2,(H2,12,13)/t9-/m0/s1. The first-order chi connectivity index (χ1) is 6.74. The zero-order chi connectivity index (χ0) is 9.97. The van der Waals surface area contributed by atoms with Crippen molar-refractivity contribution in [3.63, 3.8) is 0 Å². The minimum Gasteiger partial charge on any atom is -0.384 e. The maximum Gasteiger partial charge on any atom is 0.123 e. The number of anilines is 1. The highest BCUT2D eigenvalue weighted by Crippen LogP contribution is 2.15. The van der Waals surface area contributed by atoms with E-state index in [0.717, 1.165) is 18.7 Å². The summed E-state index contributed by atoms with van der Waals surface area (Å²) in [7, 11) is 0. The number of alkyl halides is 1. The fourth-order valence-electron chi connectivity index (χ4n) is 1.72. The summed E-state index contributed by atoms with van der Waals surface area (Å²) in [5.41, 5.74) is 6.56. The summed E-state index contributed by atoms with van der Waals surface area (Å²) in [5, 5.41) is 0. The summed E-state index contributed by atoms with van der Waals surface area (Å²) >= 11 is 0. The molecule has 0 aliphatic carbocycles. The maximum absolute atomic E-state index is 12.9. The lowest BCUT2D eigenvalue weighted by atomic mass is 10.2. The highest BCUT2D eigenvalue weighted by molar-refractivity contribution is 5.29. The number of aromatic nitrogens is 1. The smallest absolute Gasteiger partial charge is 0.123 e. The fraction of sp³-hybridized carbons (Fsp3) is 0.500. The van der Waals surface area contributed by atoms with E-state index in [0.29, 0.717) is 18.8 Å². The zero-order valence-electron chi connectivity index (χ0n) is 7.99. The molecule has 4 heteroatoms. The molecule has 2 N–H and O–H groups in total. The van der Waals surface area contributed by atoms with E-state index in [9.17, 15) is 4.39 Å². The van der Waals surface area contributed by atoms with Gasteiger partial charge in [-0.1, -0.05) is 6.07 Å². The van der Waals surface area contributed by atoms with Crippen LogP contribution in [0, 0.1) is 0 Å². The molecule has 1 aliphatic rings. The quantitative estimate of drug-likeness (QED) is 0.771. The molecule has 0 aromatic carbocycles. The highest BCUT2D eigenvalue weighted by Gasteiger charge is 2.21. The van der Waals surface area contributed by atoms with Crippen LogP contribution in [0.1, 0.15) is 12.0 Å². The minimum atomic E-state index is -0.656. The zero-order valence-corrected chi connectivity index (χ0v) is 7.99. The normalized spacial score (nSPS) is 22.8. The molecule has 1 atom stereocenters. The Bertz CT molecular complexity index is 299. The molecule has 14 heavy (non-hydrogen) atoms. The largest absolute Gasteiger partial charge is 0.384 e. The van der Waals surface area contributed by atoms with Crippen molar-refractivity contribution in [3.8, 4) is 0 Å². The molecule has 1 aliphatic heterocycles. The average molecular weight is 195 g/mol. The summed E-state index contributed by atoms with van der Waals surface area (Å²) in [6.07, 6.45) is 1.75. The van der Waals surface area contributed by atoms with Gasteiger partial charge >= 0.3 is 0 Å². The predicted octanol–water partition coefficient (Wildman–Crippen LogP) is 1.21. The van der Waals surface area contributed by atoms with Gasteiger partial charge in [-0.3, -0.25) is 4.90 Å². The number of nitrogens with zero attached hydrogens (tertiary/aromatic N) is 2. The van der Waals surface area contributed by atoms with Crippen molar-refractivity contribution in [1.82, 2.24) is 9.88 Å². The topological polar surface area (TPSA) is 42.1 Å². The Hall–Kier alpha value is -1.16. The Morgan fingerprint density at radius 1 is 1.57 bits per heavy atom. The Labute approximate surface area is 82.7 Å². The summed E-state index contributed by atoms with van der Waals surface area (Å²) in [5.74, 6) is 0.526. The molecule has 0 radical (unpaired) electrons. The number of rotatable bonds is 2. The van der Waals surface area contributed by atoms with E-state index in [-0.39, 0.29) is 0 Å². The summed E-state index contributed by atoms with van der Waals surface area (Å²) < 4.78 is 12.9. The third-order valence-electron chi connectivity index (χ3n) is 2.47. The average Bonchev–Trinajstić information content (AvgIpc) is 2.56. The van der Waals surface area contributed by atoms with Crippen LogP contribution in [0.4, 0.5) is 10.2 Å². The van der Waals surface area contributed by atoms with Gasteiger partial charge in [-0.25, -0.2) is 9.37 Å². The minimum absolute atomic E-state index is 0.526. The van der Waals surface area contributed by atoms with E-state index in [1.165, 1.54) is 0 Å². The molecular weight excluding hydrogens is 181 g/mol. The number of likely N-dealkylation sites (tertiary alicyclic amines) is 1. The van der Waals surface area contributed by atoms with Crippen molar-refractivity contribution >= 4 is 5.82 Å². The molecule has 2 heterocycles. The van der Waals surface area contributed by atoms with E-state index in [1.54, 1.807) is 12.3 Å². The van der Waals surface area contributed by atoms with Crippen LogP contribution in [0.25, 0.3) is 0 Å². The van der Waals surface area contributed by atoms with Crippen LogP contribution in [0.2, 0.25) is 0 Å². The SMILES string of the molecule is Nc1ccc(CN2CC[C@H](F)C2)cn1. The van der Waals surface area contributed by atoms with Crippen LogP contribution in [0.3, 0.4) is 0 Å². The molecule has 2 rings (SSSR count). The molecule has 0 amide bonds. The Kier molecular flexibility index (Phi) is 2.63. The van der Waals surface area contributed by atoms with Crippen LogP contribution in [0.15, 0.2) is 18.3 Å². The Balaban J connectivity index is 1.94. The van der Waals surface area contributed by atoms with E-state index < -0.39 is 6.17 Å². The van der Waals surface area contributed by atoms with E-state index >= 15 is 0 Å². The lowest BCUT2D eigenvalue weighted by Gasteiger charge is -2.13. The van der Waals surface area contributed by atoms with E-state index in [2.05, 4.69) is 9.88 Å². The fourth-order valence-corrected chi connectivity index (χ4v) is 1.72. The molecule has 0 saturated carbocycles. The van der Waals surface area contributed by atoms with Gasteiger partial charge in [0.15, 0.2) is 0 Å². The molecule has 1 aromatic rings. The monoisotopic (exact) mass is 195 g/mol. The number of hydrogen-bond acceptors (Lipinski definition) is 3. The first-order valence-corrected chi connectivity index (χ1v) is 4.81. The number of nitrogen functional groups attached to an aromatic ring is 1. The summed E-state index contributed by atoms with van der Waals surface area (Å²) in [6.45, 7) is 2.16. The number of pyridine rings is 1.